The van der Waals surface area contributed by atoms with Gasteiger partial charge in [0.1, 0.15) is 0 Å². The number of hydrogen-bond acceptors (Lipinski definition) is 3. The number of aromatic amines is 1. The van der Waals surface area contributed by atoms with Gasteiger partial charge in [0.25, 0.3) is 0 Å². The summed E-state index contributed by atoms with van der Waals surface area (Å²) >= 11 is 5.80. The maximum atomic E-state index is 12.4. The zero-order chi connectivity index (χ0) is 15.9. The molecule has 1 amide bonds. The lowest BCUT2D eigenvalue weighted by molar-refractivity contribution is 0.253. The van der Waals surface area contributed by atoms with E-state index in [2.05, 4.69) is 10.3 Å². The number of rotatable bonds is 1. The van der Waals surface area contributed by atoms with Crippen LogP contribution in [-0.2, 0) is 0 Å². The van der Waals surface area contributed by atoms with Crippen LogP contribution in [0.4, 0.5) is 16.2 Å². The van der Waals surface area contributed by atoms with Crippen LogP contribution in [0.5, 0.6) is 0 Å². The second-order valence-electron chi connectivity index (χ2n) is 4.93. The van der Waals surface area contributed by atoms with Gasteiger partial charge in [-0.15, -0.1) is 0 Å². The van der Waals surface area contributed by atoms with Gasteiger partial charge in [-0.1, -0.05) is 11.6 Å². The lowest BCUT2D eigenvalue weighted by Gasteiger charge is -2.07. The van der Waals surface area contributed by atoms with Crippen molar-refractivity contribution in [2.45, 2.75) is 6.92 Å². The number of benzene rings is 2. The first-order valence-corrected chi connectivity index (χ1v) is 6.91. The van der Waals surface area contributed by atoms with Crippen LogP contribution in [-0.4, -0.2) is 15.6 Å². The second-order valence-corrected chi connectivity index (χ2v) is 5.36. The number of nitrogens with one attached hydrogen (secondary N) is 2. The largest absolute Gasteiger partial charge is 0.398 e. The topological polar surface area (TPSA) is 92.9 Å². The quantitative estimate of drug-likeness (QED) is 0.602. The fourth-order valence-corrected chi connectivity index (χ4v) is 2.32. The predicted octanol–water partition coefficient (Wildman–Crippen LogP) is 2.95. The first kappa shape index (κ1) is 14.2. The van der Waals surface area contributed by atoms with Gasteiger partial charge < -0.3 is 16.0 Å². The molecule has 3 rings (SSSR count). The number of imidazole rings is 1. The summed E-state index contributed by atoms with van der Waals surface area (Å²) in [6, 6.07) is 9.40. The van der Waals surface area contributed by atoms with Crippen LogP contribution in [0, 0.1) is 6.92 Å². The van der Waals surface area contributed by atoms with Gasteiger partial charge in [0.15, 0.2) is 0 Å². The number of nitrogen functional groups attached to an aromatic ring is 1. The Balaban J connectivity index is 2.03. The molecule has 0 aliphatic heterocycles. The highest BCUT2D eigenvalue weighted by Gasteiger charge is 2.15. The van der Waals surface area contributed by atoms with Gasteiger partial charge in [-0.2, -0.15) is 0 Å². The van der Waals surface area contributed by atoms with Gasteiger partial charge in [0, 0.05) is 16.4 Å². The van der Waals surface area contributed by atoms with E-state index in [0.717, 1.165) is 10.1 Å². The number of halogens is 1. The average molecular weight is 317 g/mol. The van der Waals surface area contributed by atoms with Gasteiger partial charge in [-0.25, -0.2) is 14.2 Å². The summed E-state index contributed by atoms with van der Waals surface area (Å²) in [7, 11) is 0. The number of anilines is 2. The Hall–Kier alpha value is -2.73. The Labute approximate surface area is 130 Å². The Morgan fingerprint density at radius 1 is 1.27 bits per heavy atom. The van der Waals surface area contributed by atoms with Crippen molar-refractivity contribution in [3.8, 4) is 0 Å². The summed E-state index contributed by atoms with van der Waals surface area (Å²) in [6.45, 7) is 1.81. The molecule has 0 bridgehead atoms. The molecule has 0 saturated carbocycles. The number of hydrogen-bond donors (Lipinski definition) is 3. The maximum Gasteiger partial charge on any atom is 0.334 e. The molecule has 0 aliphatic rings. The lowest BCUT2D eigenvalue weighted by Crippen LogP contribution is -2.29. The van der Waals surface area contributed by atoms with Gasteiger partial charge in [-0.05, 0) is 48.9 Å². The van der Waals surface area contributed by atoms with Crippen molar-refractivity contribution in [3.05, 3.63) is 57.5 Å². The average Bonchev–Trinajstić information content (AvgIpc) is 2.77. The number of nitrogens with zero attached hydrogens (tertiary/aromatic N) is 1. The van der Waals surface area contributed by atoms with E-state index in [4.69, 9.17) is 17.3 Å². The Kier molecular flexibility index (Phi) is 3.38. The van der Waals surface area contributed by atoms with Crippen LogP contribution in [0.3, 0.4) is 0 Å². The van der Waals surface area contributed by atoms with Crippen molar-refractivity contribution < 1.29 is 4.79 Å². The molecule has 0 saturated heterocycles. The van der Waals surface area contributed by atoms with Gasteiger partial charge in [-0.3, -0.25) is 0 Å². The molecular formula is C15H13ClN4O2. The van der Waals surface area contributed by atoms with Gasteiger partial charge >= 0.3 is 11.7 Å². The van der Waals surface area contributed by atoms with Gasteiger partial charge in [0.05, 0.1) is 11.0 Å². The Bertz CT molecular complexity index is 925. The highest BCUT2D eigenvalue weighted by molar-refractivity contribution is 6.30. The third-order valence-corrected chi connectivity index (χ3v) is 3.62. The first-order chi connectivity index (χ1) is 10.5. The van der Waals surface area contributed by atoms with E-state index in [1.807, 2.05) is 6.92 Å². The normalized spacial score (nSPS) is 10.8. The number of carbonyl (C=O) groups excluding carboxylic acids is 1. The fourth-order valence-electron chi connectivity index (χ4n) is 2.19. The molecule has 0 fully saturated rings. The van der Waals surface area contributed by atoms with E-state index >= 15 is 0 Å². The molecular weight excluding hydrogens is 304 g/mol. The molecule has 3 aromatic rings. The number of amides is 1. The minimum atomic E-state index is -0.553. The van der Waals surface area contributed by atoms with Crippen molar-refractivity contribution in [2.24, 2.45) is 0 Å². The maximum absolute atomic E-state index is 12.4. The molecule has 6 nitrogen and oxygen atoms in total. The zero-order valence-electron chi connectivity index (χ0n) is 11.7. The number of nitrogens with two attached hydrogens (primary N) is 1. The molecule has 4 N–H and O–H groups in total. The molecule has 0 spiro atoms. The Morgan fingerprint density at radius 2 is 1.95 bits per heavy atom. The van der Waals surface area contributed by atoms with Crippen LogP contribution in [0.15, 0.2) is 41.2 Å². The molecule has 1 aromatic heterocycles. The van der Waals surface area contributed by atoms with Crippen LogP contribution < -0.4 is 16.7 Å². The monoisotopic (exact) mass is 316 g/mol. The highest BCUT2D eigenvalue weighted by atomic mass is 35.5. The number of fused-ring (bicyclic) bond motifs is 1. The van der Waals surface area contributed by atoms with Crippen molar-refractivity contribution >= 4 is 40.0 Å². The second kappa shape index (κ2) is 5.23. The Morgan fingerprint density at radius 3 is 2.64 bits per heavy atom. The van der Waals surface area contributed by atoms with E-state index < -0.39 is 11.7 Å². The minimum absolute atomic E-state index is 0.475. The van der Waals surface area contributed by atoms with E-state index in [9.17, 15) is 9.59 Å². The van der Waals surface area contributed by atoms with E-state index in [1.165, 1.54) is 0 Å². The molecule has 0 unspecified atom stereocenters. The zero-order valence-corrected chi connectivity index (χ0v) is 12.4. The molecule has 0 atom stereocenters. The third-order valence-electron chi connectivity index (χ3n) is 3.37. The SMILES string of the molecule is Cc1cc2c(cc1N)[nH]c(=O)n2C(=O)Nc1ccc(Cl)cc1. The van der Waals surface area contributed by atoms with Crippen LogP contribution in [0.25, 0.3) is 11.0 Å². The predicted molar refractivity (Wildman–Crippen MR) is 87.6 cm³/mol. The summed E-state index contributed by atoms with van der Waals surface area (Å²) in [4.78, 5) is 27.0. The van der Waals surface area contributed by atoms with Crippen LogP contribution in [0.2, 0.25) is 5.02 Å². The highest BCUT2D eigenvalue weighted by Crippen LogP contribution is 2.19. The minimum Gasteiger partial charge on any atom is -0.398 e. The summed E-state index contributed by atoms with van der Waals surface area (Å²) in [5, 5.41) is 3.22. The molecule has 22 heavy (non-hydrogen) atoms. The fraction of sp³-hybridized carbons (Fsp3) is 0.0667. The van der Waals surface area contributed by atoms with Crippen molar-refractivity contribution in [1.82, 2.24) is 9.55 Å². The summed E-state index contributed by atoms with van der Waals surface area (Å²) < 4.78 is 1.04. The van der Waals surface area contributed by atoms with Crippen molar-refractivity contribution in [3.63, 3.8) is 0 Å². The molecule has 0 aliphatic carbocycles. The summed E-state index contributed by atoms with van der Waals surface area (Å²) in [6.07, 6.45) is 0. The van der Waals surface area contributed by atoms with E-state index in [1.54, 1.807) is 36.4 Å². The number of carbonyl (C=O) groups is 1. The smallest absolute Gasteiger partial charge is 0.334 e. The number of aromatic nitrogens is 2. The summed E-state index contributed by atoms with van der Waals surface area (Å²) in [5.41, 5.74) is 8.17. The van der Waals surface area contributed by atoms with Crippen LogP contribution >= 0.6 is 11.6 Å². The molecule has 1 heterocycles. The van der Waals surface area contributed by atoms with Crippen molar-refractivity contribution in [2.75, 3.05) is 11.1 Å². The van der Waals surface area contributed by atoms with Crippen LogP contribution in [0.1, 0.15) is 5.56 Å². The lowest BCUT2D eigenvalue weighted by atomic mass is 10.2. The molecule has 112 valence electrons. The number of aryl methyl sites for hydroxylation is 1. The molecule has 2 aromatic carbocycles. The van der Waals surface area contributed by atoms with Crippen molar-refractivity contribution in [1.29, 1.82) is 0 Å². The summed E-state index contributed by atoms with van der Waals surface area (Å²) in [5.74, 6) is 0. The van der Waals surface area contributed by atoms with E-state index in [-0.39, 0.29) is 0 Å². The molecule has 7 heteroatoms. The number of H-pyrrole nitrogens is 1. The van der Waals surface area contributed by atoms with E-state index in [0.29, 0.717) is 27.4 Å². The standard InChI is InChI=1S/C15H13ClN4O2/c1-8-6-13-12(7-11(8)17)19-15(22)20(13)14(21)18-10-4-2-9(16)3-5-10/h2-7H,17H2,1H3,(H,18,21)(H,19,22). The first-order valence-electron chi connectivity index (χ1n) is 6.53. The van der Waals surface area contributed by atoms with Gasteiger partial charge in [0.2, 0.25) is 0 Å². The third kappa shape index (κ3) is 2.44. The molecule has 0 radical (unpaired) electrons.